The fourth-order valence-electron chi connectivity index (χ4n) is 3.70. The fourth-order valence-corrected chi connectivity index (χ4v) is 3.70. The van der Waals surface area contributed by atoms with Crippen LogP contribution < -0.4 is 16.6 Å². The second-order valence-electron chi connectivity index (χ2n) is 6.58. The van der Waals surface area contributed by atoms with Crippen molar-refractivity contribution in [1.29, 1.82) is 0 Å². The zero-order valence-corrected chi connectivity index (χ0v) is 14.9. The molecule has 1 aliphatic carbocycles. The average molecular weight is 356 g/mol. The van der Waals surface area contributed by atoms with Gasteiger partial charge in [0.2, 0.25) is 11.8 Å². The van der Waals surface area contributed by atoms with E-state index in [2.05, 4.69) is 10.2 Å². The maximum absolute atomic E-state index is 12.4. The molecule has 26 heavy (non-hydrogen) atoms. The van der Waals surface area contributed by atoms with Gasteiger partial charge in [-0.2, -0.15) is 0 Å². The fraction of sp³-hybridized carbons (Fsp3) is 0.444. The molecule has 1 saturated carbocycles. The SMILES string of the molecule is CCC(=O)N(N)c1c(-n2cnnc2)ccc(C(N)=O)c1C1CCCCC1. The first kappa shape index (κ1) is 18.1. The lowest BCUT2D eigenvalue weighted by Crippen LogP contribution is -2.39. The predicted octanol–water partition coefficient (Wildman–Crippen LogP) is 2.03. The number of anilines is 1. The van der Waals surface area contributed by atoms with Gasteiger partial charge in [-0.05, 0) is 36.5 Å². The van der Waals surface area contributed by atoms with Gasteiger partial charge in [0.05, 0.1) is 11.4 Å². The van der Waals surface area contributed by atoms with Crippen LogP contribution in [0, 0.1) is 0 Å². The minimum absolute atomic E-state index is 0.133. The number of hydrazine groups is 1. The largest absolute Gasteiger partial charge is 0.366 e. The van der Waals surface area contributed by atoms with Crippen LogP contribution in [0.5, 0.6) is 0 Å². The lowest BCUT2D eigenvalue weighted by molar-refractivity contribution is -0.118. The molecule has 0 radical (unpaired) electrons. The van der Waals surface area contributed by atoms with Crippen LogP contribution in [0.1, 0.15) is 67.3 Å². The molecule has 1 aliphatic rings. The first-order valence-electron chi connectivity index (χ1n) is 8.94. The monoisotopic (exact) mass is 356 g/mol. The average Bonchev–Trinajstić information content (AvgIpc) is 3.20. The molecule has 138 valence electrons. The number of carbonyl (C=O) groups excluding carboxylic acids is 2. The molecule has 1 aromatic carbocycles. The second-order valence-corrected chi connectivity index (χ2v) is 6.58. The van der Waals surface area contributed by atoms with Crippen molar-refractivity contribution in [2.45, 2.75) is 51.4 Å². The first-order valence-corrected chi connectivity index (χ1v) is 8.94. The molecule has 0 spiro atoms. The number of primary amides is 1. The summed E-state index contributed by atoms with van der Waals surface area (Å²) in [6.07, 6.45) is 8.53. The van der Waals surface area contributed by atoms with E-state index in [1.807, 2.05) is 0 Å². The summed E-state index contributed by atoms with van der Waals surface area (Å²) in [6, 6.07) is 3.43. The third-order valence-electron chi connectivity index (χ3n) is 4.98. The molecule has 1 aromatic heterocycles. The number of carbonyl (C=O) groups is 2. The number of rotatable bonds is 5. The number of aromatic nitrogens is 3. The second kappa shape index (κ2) is 7.65. The van der Waals surface area contributed by atoms with E-state index in [1.165, 1.54) is 19.1 Å². The van der Waals surface area contributed by atoms with Crippen molar-refractivity contribution < 1.29 is 9.59 Å². The van der Waals surface area contributed by atoms with Crippen LogP contribution in [0.15, 0.2) is 24.8 Å². The molecule has 1 fully saturated rings. The van der Waals surface area contributed by atoms with Gasteiger partial charge in [-0.25, -0.2) is 10.9 Å². The summed E-state index contributed by atoms with van der Waals surface area (Å²) < 4.78 is 1.69. The van der Waals surface area contributed by atoms with Crippen LogP contribution in [-0.4, -0.2) is 26.6 Å². The summed E-state index contributed by atoms with van der Waals surface area (Å²) in [5, 5.41) is 8.83. The van der Waals surface area contributed by atoms with Crippen LogP contribution >= 0.6 is 0 Å². The summed E-state index contributed by atoms with van der Waals surface area (Å²) in [7, 11) is 0. The van der Waals surface area contributed by atoms with Crippen LogP contribution in [-0.2, 0) is 4.79 Å². The van der Waals surface area contributed by atoms with Gasteiger partial charge < -0.3 is 5.73 Å². The molecule has 1 heterocycles. The highest BCUT2D eigenvalue weighted by molar-refractivity contribution is 6.01. The number of nitrogens with two attached hydrogens (primary N) is 2. The van der Waals surface area contributed by atoms with Crippen molar-refractivity contribution in [2.75, 3.05) is 5.01 Å². The zero-order valence-electron chi connectivity index (χ0n) is 14.9. The summed E-state index contributed by atoms with van der Waals surface area (Å²) in [5.74, 6) is 5.59. The quantitative estimate of drug-likeness (QED) is 0.482. The Balaban J connectivity index is 2.27. The molecule has 4 N–H and O–H groups in total. The summed E-state index contributed by atoms with van der Waals surface area (Å²) >= 11 is 0. The third-order valence-corrected chi connectivity index (χ3v) is 4.98. The van der Waals surface area contributed by atoms with Crippen molar-refractivity contribution in [3.05, 3.63) is 35.9 Å². The van der Waals surface area contributed by atoms with Crippen molar-refractivity contribution in [2.24, 2.45) is 11.6 Å². The highest BCUT2D eigenvalue weighted by atomic mass is 16.2. The Hall–Kier alpha value is -2.74. The maximum atomic E-state index is 12.4. The molecule has 8 heteroatoms. The van der Waals surface area contributed by atoms with E-state index < -0.39 is 5.91 Å². The van der Waals surface area contributed by atoms with Crippen molar-refractivity contribution >= 4 is 17.5 Å². The normalized spacial score (nSPS) is 15.0. The summed E-state index contributed by atoms with van der Waals surface area (Å²) in [6.45, 7) is 1.75. The third kappa shape index (κ3) is 3.32. The Morgan fingerprint density at radius 1 is 1.19 bits per heavy atom. The Kier molecular flexibility index (Phi) is 5.32. The van der Waals surface area contributed by atoms with Gasteiger partial charge in [0, 0.05) is 12.0 Å². The van der Waals surface area contributed by atoms with Crippen molar-refractivity contribution in [3.63, 3.8) is 0 Å². The van der Waals surface area contributed by atoms with Gasteiger partial charge >= 0.3 is 0 Å². The minimum Gasteiger partial charge on any atom is -0.366 e. The highest BCUT2D eigenvalue weighted by Crippen LogP contribution is 2.42. The maximum Gasteiger partial charge on any atom is 0.249 e. The summed E-state index contributed by atoms with van der Waals surface area (Å²) in [4.78, 5) is 24.5. The number of amides is 2. The highest BCUT2D eigenvalue weighted by Gasteiger charge is 2.29. The zero-order chi connectivity index (χ0) is 18.7. The Labute approximate surface area is 152 Å². The van der Waals surface area contributed by atoms with E-state index in [4.69, 9.17) is 11.6 Å². The lowest BCUT2D eigenvalue weighted by Gasteiger charge is -2.30. The van der Waals surface area contributed by atoms with E-state index in [0.717, 1.165) is 36.3 Å². The number of hydrogen-bond donors (Lipinski definition) is 2. The van der Waals surface area contributed by atoms with E-state index in [0.29, 0.717) is 16.9 Å². The Morgan fingerprint density at radius 2 is 1.85 bits per heavy atom. The van der Waals surface area contributed by atoms with Crippen LogP contribution in [0.25, 0.3) is 5.69 Å². The van der Waals surface area contributed by atoms with Gasteiger partial charge in [0.1, 0.15) is 12.7 Å². The number of benzene rings is 1. The molecular formula is C18H24N6O2. The van der Waals surface area contributed by atoms with Gasteiger partial charge in [-0.15, -0.1) is 10.2 Å². The topological polar surface area (TPSA) is 120 Å². The molecule has 2 amide bonds. The van der Waals surface area contributed by atoms with E-state index in [1.54, 1.807) is 23.6 Å². The molecule has 0 bridgehead atoms. The van der Waals surface area contributed by atoms with Gasteiger partial charge in [0.25, 0.3) is 0 Å². The molecule has 0 saturated heterocycles. The van der Waals surface area contributed by atoms with Crippen LogP contribution in [0.2, 0.25) is 0 Å². The molecule has 3 rings (SSSR count). The molecular weight excluding hydrogens is 332 g/mol. The number of nitrogens with zero attached hydrogens (tertiary/aromatic N) is 4. The van der Waals surface area contributed by atoms with Gasteiger partial charge in [0.15, 0.2) is 0 Å². The molecule has 0 atom stereocenters. The van der Waals surface area contributed by atoms with Crippen LogP contribution in [0.3, 0.4) is 0 Å². The molecule has 0 aliphatic heterocycles. The smallest absolute Gasteiger partial charge is 0.249 e. The minimum atomic E-state index is -0.514. The van der Waals surface area contributed by atoms with E-state index >= 15 is 0 Å². The lowest BCUT2D eigenvalue weighted by atomic mass is 9.80. The van der Waals surface area contributed by atoms with Crippen molar-refractivity contribution in [3.8, 4) is 5.69 Å². The molecule has 2 aromatic rings. The standard InChI is InChI=1S/C18H24N6O2/c1-2-15(25)24(20)17-14(23-10-21-22-11-23)9-8-13(18(19)26)16(17)12-6-4-3-5-7-12/h8-12H,2-7,20H2,1H3,(H2,19,26). The molecule has 8 nitrogen and oxygen atoms in total. The van der Waals surface area contributed by atoms with Gasteiger partial charge in [-0.3, -0.25) is 14.2 Å². The summed E-state index contributed by atoms with van der Waals surface area (Å²) in [5.41, 5.74) is 8.00. The molecule has 0 unspecified atom stereocenters. The predicted molar refractivity (Wildman–Crippen MR) is 97.7 cm³/mol. The van der Waals surface area contributed by atoms with Crippen LogP contribution in [0.4, 0.5) is 5.69 Å². The number of hydrogen-bond acceptors (Lipinski definition) is 5. The first-order chi connectivity index (χ1) is 12.5. The van der Waals surface area contributed by atoms with Gasteiger partial charge in [-0.1, -0.05) is 26.2 Å². The van der Waals surface area contributed by atoms with Crippen molar-refractivity contribution in [1.82, 2.24) is 14.8 Å². The van der Waals surface area contributed by atoms with E-state index in [-0.39, 0.29) is 18.2 Å². The Morgan fingerprint density at radius 3 is 2.42 bits per heavy atom. The Bertz CT molecular complexity index is 796. The van der Waals surface area contributed by atoms with E-state index in [9.17, 15) is 9.59 Å².